The standard InChI is InChI=1S/C17H21N3O3/c1-11-5-14(19-18-11)8-13-9-20(10-16(13)22)17(23)7-12-3-2-4-15(21)6-12/h2-6,13,16,21-22H,7-10H2,1H3,(H,18,19)/t13-,16-/m1/s1. The van der Waals surface area contributed by atoms with Crippen molar-refractivity contribution < 1.29 is 15.0 Å². The van der Waals surface area contributed by atoms with Crippen LogP contribution in [0.3, 0.4) is 0 Å². The summed E-state index contributed by atoms with van der Waals surface area (Å²) >= 11 is 0. The normalized spacial score (nSPS) is 20.9. The Morgan fingerprint density at radius 1 is 1.39 bits per heavy atom. The second-order valence-corrected chi connectivity index (χ2v) is 6.22. The lowest BCUT2D eigenvalue weighted by atomic mass is 10.0. The van der Waals surface area contributed by atoms with Crippen LogP contribution in [0, 0.1) is 12.8 Å². The lowest BCUT2D eigenvalue weighted by Gasteiger charge is -2.16. The highest BCUT2D eigenvalue weighted by Gasteiger charge is 2.34. The number of aromatic hydroxyl groups is 1. The second-order valence-electron chi connectivity index (χ2n) is 6.22. The number of hydrogen-bond donors (Lipinski definition) is 3. The van der Waals surface area contributed by atoms with Crippen LogP contribution in [0.4, 0.5) is 0 Å². The van der Waals surface area contributed by atoms with Gasteiger partial charge in [0.1, 0.15) is 5.75 Å². The zero-order chi connectivity index (χ0) is 16.4. The molecular formula is C17H21N3O3. The average molecular weight is 315 g/mol. The van der Waals surface area contributed by atoms with Gasteiger partial charge in [-0.25, -0.2) is 0 Å². The molecule has 3 N–H and O–H groups in total. The summed E-state index contributed by atoms with van der Waals surface area (Å²) in [7, 11) is 0. The molecule has 23 heavy (non-hydrogen) atoms. The Bertz CT molecular complexity index is 698. The van der Waals surface area contributed by atoms with Crippen LogP contribution in [0.25, 0.3) is 0 Å². The van der Waals surface area contributed by atoms with E-state index in [4.69, 9.17) is 0 Å². The Labute approximate surface area is 134 Å². The van der Waals surface area contributed by atoms with Crippen molar-refractivity contribution in [2.75, 3.05) is 13.1 Å². The van der Waals surface area contributed by atoms with Crippen LogP contribution in [-0.4, -0.2) is 50.4 Å². The maximum Gasteiger partial charge on any atom is 0.227 e. The topological polar surface area (TPSA) is 89.5 Å². The van der Waals surface area contributed by atoms with E-state index in [9.17, 15) is 15.0 Å². The molecule has 6 heteroatoms. The molecule has 1 aliphatic rings. The fourth-order valence-corrected chi connectivity index (χ4v) is 3.06. The number of phenolic OH excluding ortho intramolecular Hbond substituents is 1. The van der Waals surface area contributed by atoms with E-state index in [1.165, 1.54) is 0 Å². The Morgan fingerprint density at radius 3 is 2.91 bits per heavy atom. The van der Waals surface area contributed by atoms with Crippen LogP contribution >= 0.6 is 0 Å². The summed E-state index contributed by atoms with van der Waals surface area (Å²) in [5.74, 6) is 0.129. The number of aryl methyl sites for hydroxylation is 1. The zero-order valence-electron chi connectivity index (χ0n) is 13.1. The zero-order valence-corrected chi connectivity index (χ0v) is 13.1. The van der Waals surface area contributed by atoms with Gasteiger partial charge in [-0.15, -0.1) is 0 Å². The van der Waals surface area contributed by atoms with Gasteiger partial charge in [0, 0.05) is 24.7 Å². The third-order valence-electron chi connectivity index (χ3n) is 4.26. The molecule has 1 saturated heterocycles. The largest absolute Gasteiger partial charge is 0.508 e. The van der Waals surface area contributed by atoms with E-state index in [1.807, 2.05) is 19.1 Å². The number of amides is 1. The Kier molecular flexibility index (Phi) is 4.34. The summed E-state index contributed by atoms with van der Waals surface area (Å²) in [6.45, 7) is 2.82. The molecule has 0 unspecified atom stereocenters. The minimum Gasteiger partial charge on any atom is -0.508 e. The minimum atomic E-state index is -0.528. The number of hydrogen-bond acceptors (Lipinski definition) is 4. The molecular weight excluding hydrogens is 294 g/mol. The maximum atomic E-state index is 12.4. The summed E-state index contributed by atoms with van der Waals surface area (Å²) in [4.78, 5) is 14.1. The van der Waals surface area contributed by atoms with E-state index >= 15 is 0 Å². The van der Waals surface area contributed by atoms with Gasteiger partial charge in [0.25, 0.3) is 0 Å². The van der Waals surface area contributed by atoms with Crippen molar-refractivity contribution in [3.05, 3.63) is 47.3 Å². The highest BCUT2D eigenvalue weighted by Crippen LogP contribution is 2.22. The molecule has 0 radical (unpaired) electrons. The highest BCUT2D eigenvalue weighted by atomic mass is 16.3. The van der Waals surface area contributed by atoms with E-state index in [1.54, 1.807) is 23.1 Å². The Morgan fingerprint density at radius 2 is 2.22 bits per heavy atom. The first-order valence-electron chi connectivity index (χ1n) is 7.76. The number of β-amino-alcohol motifs (C(OH)–C–C–N with tert-alkyl or cyclic N) is 1. The molecule has 0 aliphatic carbocycles. The number of H-pyrrole nitrogens is 1. The van der Waals surface area contributed by atoms with Gasteiger partial charge in [-0.3, -0.25) is 9.89 Å². The predicted octanol–water partition coefficient (Wildman–Crippen LogP) is 1.03. The summed E-state index contributed by atoms with van der Waals surface area (Å²) < 4.78 is 0. The number of phenols is 1. The summed E-state index contributed by atoms with van der Waals surface area (Å²) in [6.07, 6.45) is 0.358. The molecule has 2 atom stereocenters. The molecule has 2 heterocycles. The molecule has 1 amide bonds. The van der Waals surface area contributed by atoms with Crippen molar-refractivity contribution in [2.45, 2.75) is 25.9 Å². The summed E-state index contributed by atoms with van der Waals surface area (Å²) in [5, 5.41) is 26.8. The van der Waals surface area contributed by atoms with Gasteiger partial charge in [-0.05, 0) is 37.1 Å². The van der Waals surface area contributed by atoms with Crippen molar-refractivity contribution in [1.82, 2.24) is 15.1 Å². The van der Waals surface area contributed by atoms with Crippen molar-refractivity contribution in [2.24, 2.45) is 5.92 Å². The molecule has 6 nitrogen and oxygen atoms in total. The van der Waals surface area contributed by atoms with Crippen LogP contribution in [-0.2, 0) is 17.6 Å². The predicted molar refractivity (Wildman–Crippen MR) is 84.9 cm³/mol. The number of carbonyl (C=O) groups excluding carboxylic acids is 1. The van der Waals surface area contributed by atoms with E-state index < -0.39 is 6.10 Å². The Balaban J connectivity index is 1.60. The van der Waals surface area contributed by atoms with E-state index in [0.717, 1.165) is 17.0 Å². The van der Waals surface area contributed by atoms with Crippen LogP contribution in [0.5, 0.6) is 5.75 Å². The number of aliphatic hydroxyl groups is 1. The molecule has 1 fully saturated rings. The molecule has 0 saturated carbocycles. The van der Waals surface area contributed by atoms with Crippen molar-refractivity contribution in [1.29, 1.82) is 0 Å². The number of aliphatic hydroxyl groups excluding tert-OH is 1. The number of carbonyl (C=O) groups is 1. The monoisotopic (exact) mass is 315 g/mol. The number of rotatable bonds is 4. The van der Waals surface area contributed by atoms with Crippen LogP contribution in [0.2, 0.25) is 0 Å². The first-order valence-corrected chi connectivity index (χ1v) is 7.76. The van der Waals surface area contributed by atoms with Crippen LogP contribution < -0.4 is 0 Å². The quantitative estimate of drug-likeness (QED) is 0.786. The SMILES string of the molecule is Cc1cc(C[C@@H]2CN(C(=O)Cc3cccc(O)c3)C[C@H]2O)n[nH]1. The van der Waals surface area contributed by atoms with Crippen LogP contribution in [0.15, 0.2) is 30.3 Å². The number of likely N-dealkylation sites (tertiary alicyclic amines) is 1. The van der Waals surface area contributed by atoms with Gasteiger partial charge in [0.05, 0.1) is 18.2 Å². The van der Waals surface area contributed by atoms with Gasteiger partial charge in [0.2, 0.25) is 5.91 Å². The Hall–Kier alpha value is -2.34. The number of nitrogens with zero attached hydrogens (tertiary/aromatic N) is 2. The molecule has 0 bridgehead atoms. The summed E-state index contributed by atoms with van der Waals surface area (Å²) in [5.41, 5.74) is 2.68. The molecule has 2 aromatic rings. The maximum absolute atomic E-state index is 12.4. The van der Waals surface area contributed by atoms with Gasteiger partial charge in [0.15, 0.2) is 0 Å². The van der Waals surface area contributed by atoms with Gasteiger partial charge < -0.3 is 15.1 Å². The smallest absolute Gasteiger partial charge is 0.227 e. The third kappa shape index (κ3) is 3.71. The van der Waals surface area contributed by atoms with E-state index in [2.05, 4.69) is 10.2 Å². The first kappa shape index (κ1) is 15.6. The second kappa shape index (κ2) is 6.42. The lowest BCUT2D eigenvalue weighted by Crippen LogP contribution is -2.31. The number of aromatic nitrogens is 2. The third-order valence-corrected chi connectivity index (χ3v) is 4.26. The molecule has 3 rings (SSSR count). The van der Waals surface area contributed by atoms with Crippen molar-refractivity contribution >= 4 is 5.91 Å². The molecule has 1 aromatic heterocycles. The molecule has 1 aliphatic heterocycles. The van der Waals surface area contributed by atoms with E-state index in [-0.39, 0.29) is 24.0 Å². The fourth-order valence-electron chi connectivity index (χ4n) is 3.06. The average Bonchev–Trinajstić information content (AvgIpc) is 3.06. The van der Waals surface area contributed by atoms with Gasteiger partial charge in [-0.1, -0.05) is 12.1 Å². The highest BCUT2D eigenvalue weighted by molar-refractivity contribution is 5.79. The molecule has 1 aromatic carbocycles. The number of nitrogens with one attached hydrogen (secondary N) is 1. The van der Waals surface area contributed by atoms with Crippen LogP contribution in [0.1, 0.15) is 17.0 Å². The first-order chi connectivity index (χ1) is 11.0. The summed E-state index contributed by atoms with van der Waals surface area (Å²) in [6, 6.07) is 8.67. The fraction of sp³-hybridized carbons (Fsp3) is 0.412. The van der Waals surface area contributed by atoms with Crippen molar-refractivity contribution in [3.8, 4) is 5.75 Å². The van der Waals surface area contributed by atoms with Crippen molar-refractivity contribution in [3.63, 3.8) is 0 Å². The number of benzene rings is 1. The molecule has 0 spiro atoms. The van der Waals surface area contributed by atoms with Gasteiger partial charge in [-0.2, -0.15) is 5.10 Å². The number of aromatic amines is 1. The molecule has 122 valence electrons. The minimum absolute atomic E-state index is 0.00539. The van der Waals surface area contributed by atoms with Gasteiger partial charge >= 0.3 is 0 Å². The lowest BCUT2D eigenvalue weighted by molar-refractivity contribution is -0.129. The van der Waals surface area contributed by atoms with E-state index in [0.29, 0.717) is 19.5 Å².